The number of nitrogen functional groups attached to an aromatic ring is 1. The highest BCUT2D eigenvalue weighted by molar-refractivity contribution is 6.04. The predicted octanol–water partition coefficient (Wildman–Crippen LogP) is 2.67. The minimum atomic E-state index is -0.639. The third-order valence-electron chi connectivity index (χ3n) is 2.73. The summed E-state index contributed by atoms with van der Waals surface area (Å²) < 4.78 is 13.3. The molecule has 98 valence electrons. The molecule has 0 fully saturated rings. The van der Waals surface area contributed by atoms with Crippen LogP contribution in [0.4, 0.5) is 15.8 Å². The number of anilines is 2. The highest BCUT2D eigenvalue weighted by Gasteiger charge is 2.09. The van der Waals surface area contributed by atoms with Crippen molar-refractivity contribution in [3.63, 3.8) is 0 Å². The fraction of sp³-hybridized carbons (Fsp3) is 0.0714. The number of phenols is 1. The number of phenolic OH excluding ortho intramolecular Hbond substituents is 1. The monoisotopic (exact) mass is 260 g/mol. The van der Waals surface area contributed by atoms with E-state index < -0.39 is 11.7 Å². The first-order chi connectivity index (χ1) is 8.97. The third kappa shape index (κ3) is 2.82. The van der Waals surface area contributed by atoms with Gasteiger partial charge in [0.2, 0.25) is 0 Å². The van der Waals surface area contributed by atoms with E-state index in [0.29, 0.717) is 11.3 Å². The lowest BCUT2D eigenvalue weighted by Crippen LogP contribution is -2.12. The summed E-state index contributed by atoms with van der Waals surface area (Å²) in [4.78, 5) is 11.9. The summed E-state index contributed by atoms with van der Waals surface area (Å²) in [7, 11) is 0. The summed E-state index contributed by atoms with van der Waals surface area (Å²) in [6.07, 6.45) is 0. The number of rotatable bonds is 2. The first-order valence-electron chi connectivity index (χ1n) is 5.63. The quantitative estimate of drug-likeness (QED) is 0.727. The van der Waals surface area contributed by atoms with Crippen LogP contribution in [0.2, 0.25) is 0 Å². The number of carbonyl (C=O) groups is 1. The predicted molar refractivity (Wildman–Crippen MR) is 71.6 cm³/mol. The number of aryl methyl sites for hydroxylation is 1. The maximum absolute atomic E-state index is 13.3. The summed E-state index contributed by atoms with van der Waals surface area (Å²) in [6, 6.07) is 8.59. The molecule has 0 aliphatic carbocycles. The van der Waals surface area contributed by atoms with Crippen molar-refractivity contribution in [1.29, 1.82) is 0 Å². The molecular weight excluding hydrogens is 247 g/mol. The van der Waals surface area contributed by atoms with Crippen molar-refractivity contribution in [2.24, 2.45) is 0 Å². The Kier molecular flexibility index (Phi) is 3.37. The number of hydrogen-bond donors (Lipinski definition) is 3. The Morgan fingerprint density at radius 2 is 2.00 bits per heavy atom. The van der Waals surface area contributed by atoms with Crippen LogP contribution >= 0.6 is 0 Å². The van der Waals surface area contributed by atoms with Crippen LogP contribution in [0.15, 0.2) is 36.4 Å². The molecule has 5 heteroatoms. The van der Waals surface area contributed by atoms with E-state index in [9.17, 15) is 14.3 Å². The second kappa shape index (κ2) is 4.97. The number of nitrogens with one attached hydrogen (secondary N) is 1. The highest BCUT2D eigenvalue weighted by Crippen LogP contribution is 2.21. The van der Waals surface area contributed by atoms with E-state index in [1.807, 2.05) is 0 Å². The molecule has 0 radical (unpaired) electrons. The summed E-state index contributed by atoms with van der Waals surface area (Å²) in [6.45, 7) is 1.75. The second-order valence-corrected chi connectivity index (χ2v) is 4.19. The van der Waals surface area contributed by atoms with E-state index in [-0.39, 0.29) is 17.0 Å². The van der Waals surface area contributed by atoms with E-state index in [4.69, 9.17) is 5.73 Å². The molecule has 4 nitrogen and oxygen atoms in total. The van der Waals surface area contributed by atoms with Crippen LogP contribution in [-0.4, -0.2) is 11.0 Å². The van der Waals surface area contributed by atoms with Gasteiger partial charge in [0, 0.05) is 17.3 Å². The summed E-state index contributed by atoms with van der Waals surface area (Å²) in [5.41, 5.74) is 6.63. The summed E-state index contributed by atoms with van der Waals surface area (Å²) >= 11 is 0. The van der Waals surface area contributed by atoms with E-state index in [0.717, 1.165) is 6.07 Å². The zero-order valence-corrected chi connectivity index (χ0v) is 10.3. The molecule has 2 aromatic rings. The van der Waals surface area contributed by atoms with Crippen LogP contribution in [0.1, 0.15) is 15.9 Å². The fourth-order valence-corrected chi connectivity index (χ4v) is 1.56. The molecule has 0 aromatic heterocycles. The van der Waals surface area contributed by atoms with Crippen molar-refractivity contribution in [2.75, 3.05) is 11.1 Å². The lowest BCUT2D eigenvalue weighted by atomic mass is 10.1. The van der Waals surface area contributed by atoms with Crippen molar-refractivity contribution < 1.29 is 14.3 Å². The number of amides is 1. The third-order valence-corrected chi connectivity index (χ3v) is 2.73. The van der Waals surface area contributed by atoms with Gasteiger partial charge >= 0.3 is 0 Å². The molecular formula is C14H13FN2O2. The van der Waals surface area contributed by atoms with Gasteiger partial charge in [0.05, 0.1) is 5.69 Å². The van der Waals surface area contributed by atoms with E-state index in [1.54, 1.807) is 19.1 Å². The minimum absolute atomic E-state index is 0.00969. The molecule has 0 bridgehead atoms. The normalized spacial score (nSPS) is 10.2. The van der Waals surface area contributed by atoms with Gasteiger partial charge in [-0.25, -0.2) is 4.39 Å². The van der Waals surface area contributed by atoms with Gasteiger partial charge in [0.25, 0.3) is 5.91 Å². The molecule has 1 amide bonds. The van der Waals surface area contributed by atoms with Crippen molar-refractivity contribution in [3.8, 4) is 5.75 Å². The number of aromatic hydroxyl groups is 1. The minimum Gasteiger partial charge on any atom is -0.508 e. The Balaban J connectivity index is 2.20. The molecule has 0 unspecified atom stereocenters. The van der Waals surface area contributed by atoms with Gasteiger partial charge in [-0.1, -0.05) is 6.07 Å². The van der Waals surface area contributed by atoms with E-state index in [1.165, 1.54) is 18.2 Å². The first-order valence-corrected chi connectivity index (χ1v) is 5.63. The van der Waals surface area contributed by atoms with Crippen molar-refractivity contribution in [2.45, 2.75) is 6.92 Å². The summed E-state index contributed by atoms with van der Waals surface area (Å²) in [5, 5.41) is 12.1. The lowest BCUT2D eigenvalue weighted by molar-refractivity contribution is 0.102. The Hall–Kier alpha value is -2.56. The number of halogens is 1. The van der Waals surface area contributed by atoms with Gasteiger partial charge in [0.1, 0.15) is 11.6 Å². The van der Waals surface area contributed by atoms with Gasteiger partial charge in [-0.2, -0.15) is 0 Å². The molecule has 19 heavy (non-hydrogen) atoms. The zero-order chi connectivity index (χ0) is 14.0. The summed E-state index contributed by atoms with van der Waals surface area (Å²) in [5.74, 6) is -1.03. The lowest BCUT2D eigenvalue weighted by Gasteiger charge is -2.07. The van der Waals surface area contributed by atoms with Crippen LogP contribution in [0.3, 0.4) is 0 Å². The molecule has 4 N–H and O–H groups in total. The smallest absolute Gasteiger partial charge is 0.255 e. The Morgan fingerprint density at radius 1 is 1.26 bits per heavy atom. The number of benzene rings is 2. The van der Waals surface area contributed by atoms with E-state index >= 15 is 0 Å². The molecule has 2 rings (SSSR count). The average molecular weight is 260 g/mol. The molecule has 0 atom stereocenters. The second-order valence-electron chi connectivity index (χ2n) is 4.19. The topological polar surface area (TPSA) is 75.4 Å². The average Bonchev–Trinajstić information content (AvgIpc) is 2.37. The largest absolute Gasteiger partial charge is 0.508 e. The van der Waals surface area contributed by atoms with Gasteiger partial charge in [-0.15, -0.1) is 0 Å². The molecule has 0 saturated heterocycles. The Bertz CT molecular complexity index is 641. The van der Waals surface area contributed by atoms with Crippen LogP contribution in [0.5, 0.6) is 5.75 Å². The standard InChI is InChI=1S/C14H13FN2O2/c1-8-2-4-10(7-13(8)18)17-14(19)9-3-5-12(16)11(15)6-9/h2-7,18H,16H2,1H3,(H,17,19). The Morgan fingerprint density at radius 3 is 2.63 bits per heavy atom. The molecule has 0 aliphatic rings. The SMILES string of the molecule is Cc1ccc(NC(=O)c2ccc(N)c(F)c2)cc1O. The zero-order valence-electron chi connectivity index (χ0n) is 10.3. The maximum Gasteiger partial charge on any atom is 0.255 e. The maximum atomic E-state index is 13.3. The number of nitrogens with two attached hydrogens (primary N) is 1. The van der Waals surface area contributed by atoms with Crippen LogP contribution < -0.4 is 11.1 Å². The van der Waals surface area contributed by atoms with Gasteiger partial charge < -0.3 is 16.2 Å². The van der Waals surface area contributed by atoms with Crippen molar-refractivity contribution in [1.82, 2.24) is 0 Å². The molecule has 0 aliphatic heterocycles. The fourth-order valence-electron chi connectivity index (χ4n) is 1.56. The van der Waals surface area contributed by atoms with Gasteiger partial charge in [0.15, 0.2) is 0 Å². The van der Waals surface area contributed by atoms with Crippen LogP contribution in [-0.2, 0) is 0 Å². The molecule has 0 spiro atoms. The first kappa shape index (κ1) is 12.9. The van der Waals surface area contributed by atoms with Gasteiger partial charge in [-0.05, 0) is 36.8 Å². The Labute approximate surface area is 109 Å². The van der Waals surface area contributed by atoms with Crippen LogP contribution in [0, 0.1) is 12.7 Å². The van der Waals surface area contributed by atoms with Crippen molar-refractivity contribution >= 4 is 17.3 Å². The van der Waals surface area contributed by atoms with Crippen LogP contribution in [0.25, 0.3) is 0 Å². The molecule has 0 saturated carbocycles. The van der Waals surface area contributed by atoms with Gasteiger partial charge in [-0.3, -0.25) is 4.79 Å². The molecule has 0 heterocycles. The number of carbonyl (C=O) groups excluding carboxylic acids is 1. The molecule has 2 aromatic carbocycles. The number of hydrogen-bond acceptors (Lipinski definition) is 3. The van der Waals surface area contributed by atoms with Crippen molar-refractivity contribution in [3.05, 3.63) is 53.3 Å². The van der Waals surface area contributed by atoms with E-state index in [2.05, 4.69) is 5.32 Å². The highest BCUT2D eigenvalue weighted by atomic mass is 19.1.